The van der Waals surface area contributed by atoms with Crippen LogP contribution < -0.4 is 5.73 Å². The number of hydrogen-bond acceptors (Lipinski definition) is 3. The fraction of sp³-hybridized carbons (Fsp3) is 0.818. The molecule has 0 aliphatic carbocycles. The van der Waals surface area contributed by atoms with E-state index in [1.165, 1.54) is 0 Å². The Balaban J connectivity index is 4.77. The summed E-state index contributed by atoms with van der Waals surface area (Å²) in [6, 6.07) is 0.246. The predicted molar refractivity (Wildman–Crippen MR) is 75.8 cm³/mol. The molecule has 0 saturated heterocycles. The predicted octanol–water partition coefficient (Wildman–Crippen LogP) is 1.90. The highest BCUT2D eigenvalue weighted by Gasteiger charge is 2.35. The molecule has 0 spiro atoms. The molecule has 2 N–H and O–H groups in total. The first-order valence-electron chi connectivity index (χ1n) is 5.35. The molecule has 16 heavy (non-hydrogen) atoms. The maximum atomic E-state index is 12.2. The van der Waals surface area contributed by atoms with Gasteiger partial charge in [0.2, 0.25) is 5.91 Å². The third-order valence-corrected chi connectivity index (χ3v) is 4.08. The number of amides is 1. The van der Waals surface area contributed by atoms with E-state index in [-0.39, 0.29) is 16.9 Å². The third-order valence-electron chi connectivity index (χ3n) is 2.85. The average Bonchev–Trinajstić information content (AvgIpc) is 2.23. The molecule has 1 unspecified atom stereocenters. The van der Waals surface area contributed by atoms with Crippen molar-refractivity contribution in [3.63, 3.8) is 0 Å². The first-order valence-corrected chi connectivity index (χ1v) is 7.15. The maximum absolute atomic E-state index is 12.2. The molecular weight excluding hydrogens is 240 g/mol. The van der Waals surface area contributed by atoms with E-state index in [1.807, 2.05) is 13.3 Å². The lowest BCUT2D eigenvalue weighted by molar-refractivity contribution is -0.137. The Morgan fingerprint density at radius 1 is 1.56 bits per heavy atom. The molecule has 0 heterocycles. The number of rotatable bonds is 6. The highest BCUT2D eigenvalue weighted by Crippen LogP contribution is 2.21. The molecule has 3 nitrogen and oxygen atoms in total. The molecule has 0 aliphatic rings. The lowest BCUT2D eigenvalue weighted by atomic mass is 9.91. The Morgan fingerprint density at radius 2 is 2.06 bits per heavy atom. The number of thiocarbonyl (C=S) groups is 1. The van der Waals surface area contributed by atoms with E-state index in [1.54, 1.807) is 30.5 Å². The van der Waals surface area contributed by atoms with Crippen LogP contribution in [0.1, 0.15) is 27.2 Å². The molecule has 5 heteroatoms. The highest BCUT2D eigenvalue weighted by atomic mass is 32.2. The molecule has 0 radical (unpaired) electrons. The number of carbonyl (C=O) groups is 1. The van der Waals surface area contributed by atoms with E-state index in [9.17, 15) is 4.79 Å². The summed E-state index contributed by atoms with van der Waals surface area (Å²) in [5, 5.41) is 0. The fourth-order valence-electron chi connectivity index (χ4n) is 1.41. The van der Waals surface area contributed by atoms with Crippen LogP contribution in [0.3, 0.4) is 0 Å². The maximum Gasteiger partial charge on any atom is 0.235 e. The van der Waals surface area contributed by atoms with Gasteiger partial charge in [0.05, 0.1) is 10.4 Å². The molecular formula is C11H22N2OS2. The monoisotopic (exact) mass is 262 g/mol. The fourth-order valence-corrected chi connectivity index (χ4v) is 2.34. The number of thioether (sulfide) groups is 1. The van der Waals surface area contributed by atoms with Crippen LogP contribution in [0, 0.1) is 5.41 Å². The Morgan fingerprint density at radius 3 is 2.38 bits per heavy atom. The minimum Gasteiger partial charge on any atom is -0.392 e. The van der Waals surface area contributed by atoms with Gasteiger partial charge in [0, 0.05) is 18.8 Å². The highest BCUT2D eigenvalue weighted by molar-refractivity contribution is 7.98. The third kappa shape index (κ3) is 3.63. The van der Waals surface area contributed by atoms with Gasteiger partial charge < -0.3 is 10.6 Å². The van der Waals surface area contributed by atoms with E-state index < -0.39 is 5.41 Å². The summed E-state index contributed by atoms with van der Waals surface area (Å²) in [4.78, 5) is 14.3. The van der Waals surface area contributed by atoms with Crippen molar-refractivity contribution in [2.24, 2.45) is 11.1 Å². The standard InChI is InChI=1S/C11H22N2OS2/c1-6-8(7-16-5)13(4)10(14)11(2,3)9(12)15/h8H,6-7H2,1-5H3,(H2,12,15). The van der Waals surface area contributed by atoms with Gasteiger partial charge in [-0.2, -0.15) is 11.8 Å². The Bertz CT molecular complexity index is 267. The van der Waals surface area contributed by atoms with Crippen molar-refractivity contribution in [1.29, 1.82) is 0 Å². The molecule has 0 aliphatic heterocycles. The van der Waals surface area contributed by atoms with Crippen LogP contribution in [0.15, 0.2) is 0 Å². The van der Waals surface area contributed by atoms with Gasteiger partial charge in [-0.25, -0.2) is 0 Å². The van der Waals surface area contributed by atoms with Crippen LogP contribution in [0.4, 0.5) is 0 Å². The van der Waals surface area contributed by atoms with Gasteiger partial charge in [-0.05, 0) is 26.5 Å². The van der Waals surface area contributed by atoms with Gasteiger partial charge in [-0.1, -0.05) is 19.1 Å². The molecule has 0 aromatic carbocycles. The van der Waals surface area contributed by atoms with Crippen molar-refractivity contribution in [2.45, 2.75) is 33.2 Å². The zero-order chi connectivity index (χ0) is 12.9. The quantitative estimate of drug-likeness (QED) is 0.743. The number of nitrogens with two attached hydrogens (primary N) is 1. The minimum absolute atomic E-state index is 0.000833. The molecule has 1 amide bonds. The summed E-state index contributed by atoms with van der Waals surface area (Å²) in [7, 11) is 1.83. The second-order valence-corrected chi connectivity index (χ2v) is 5.77. The lowest BCUT2D eigenvalue weighted by Gasteiger charge is -2.33. The summed E-state index contributed by atoms with van der Waals surface area (Å²) in [5.41, 5.74) is 4.85. The van der Waals surface area contributed by atoms with Crippen molar-refractivity contribution in [3.8, 4) is 0 Å². The summed E-state index contributed by atoms with van der Waals surface area (Å²) >= 11 is 6.68. The summed E-state index contributed by atoms with van der Waals surface area (Å²) in [6.07, 6.45) is 2.98. The van der Waals surface area contributed by atoms with Crippen LogP contribution in [0.5, 0.6) is 0 Å². The Labute approximate surface area is 108 Å². The van der Waals surface area contributed by atoms with Crippen molar-refractivity contribution >= 4 is 34.9 Å². The SMILES string of the molecule is CCC(CSC)N(C)C(=O)C(C)(C)C(N)=S. The zero-order valence-electron chi connectivity index (χ0n) is 10.7. The molecule has 0 rings (SSSR count). The van der Waals surface area contributed by atoms with Crippen LogP contribution in [0.2, 0.25) is 0 Å². The first-order chi connectivity index (χ1) is 7.28. The van der Waals surface area contributed by atoms with Crippen LogP contribution >= 0.6 is 24.0 Å². The van der Waals surface area contributed by atoms with Crippen molar-refractivity contribution in [1.82, 2.24) is 4.90 Å². The van der Waals surface area contributed by atoms with E-state index >= 15 is 0 Å². The summed E-state index contributed by atoms with van der Waals surface area (Å²) in [6.45, 7) is 5.64. The topological polar surface area (TPSA) is 46.3 Å². The van der Waals surface area contributed by atoms with Gasteiger partial charge in [-0.3, -0.25) is 4.79 Å². The smallest absolute Gasteiger partial charge is 0.235 e. The van der Waals surface area contributed by atoms with Crippen molar-refractivity contribution in [2.75, 3.05) is 19.1 Å². The largest absolute Gasteiger partial charge is 0.392 e. The van der Waals surface area contributed by atoms with Crippen molar-refractivity contribution < 1.29 is 4.79 Å². The van der Waals surface area contributed by atoms with Crippen LogP contribution in [-0.4, -0.2) is 40.9 Å². The second-order valence-electron chi connectivity index (χ2n) is 4.42. The molecule has 0 aromatic heterocycles. The number of nitrogens with zero attached hydrogens (tertiary/aromatic N) is 1. The van der Waals surface area contributed by atoms with Gasteiger partial charge in [0.25, 0.3) is 0 Å². The molecule has 0 saturated carbocycles. The summed E-state index contributed by atoms with van der Waals surface area (Å²) < 4.78 is 0. The zero-order valence-corrected chi connectivity index (χ0v) is 12.4. The van der Waals surface area contributed by atoms with Gasteiger partial charge in [-0.15, -0.1) is 0 Å². The van der Waals surface area contributed by atoms with E-state index in [4.69, 9.17) is 18.0 Å². The normalized spacial score (nSPS) is 13.3. The lowest BCUT2D eigenvalue weighted by Crippen LogP contribution is -2.49. The molecule has 1 atom stereocenters. The summed E-state index contributed by atoms with van der Waals surface area (Å²) in [5.74, 6) is 0.937. The van der Waals surface area contributed by atoms with Gasteiger partial charge in [0.15, 0.2) is 0 Å². The van der Waals surface area contributed by atoms with Crippen LogP contribution in [0.25, 0.3) is 0 Å². The molecule has 94 valence electrons. The minimum atomic E-state index is -0.754. The second kappa shape index (κ2) is 6.45. The van der Waals surface area contributed by atoms with E-state index in [2.05, 4.69) is 6.92 Å². The number of hydrogen-bond donors (Lipinski definition) is 1. The average molecular weight is 262 g/mol. The van der Waals surface area contributed by atoms with E-state index in [0.29, 0.717) is 0 Å². The molecule has 0 fully saturated rings. The first kappa shape index (κ1) is 15.7. The van der Waals surface area contributed by atoms with Crippen molar-refractivity contribution in [3.05, 3.63) is 0 Å². The van der Waals surface area contributed by atoms with Crippen LogP contribution in [-0.2, 0) is 4.79 Å². The van der Waals surface area contributed by atoms with Gasteiger partial charge in [0.1, 0.15) is 0 Å². The number of carbonyl (C=O) groups excluding carboxylic acids is 1. The Kier molecular flexibility index (Phi) is 6.33. The molecule has 0 aromatic rings. The van der Waals surface area contributed by atoms with E-state index in [0.717, 1.165) is 12.2 Å². The van der Waals surface area contributed by atoms with Gasteiger partial charge >= 0.3 is 0 Å². The Hall–Kier alpha value is -0.290. The molecule has 0 bridgehead atoms.